The van der Waals surface area contributed by atoms with Crippen LogP contribution in [-0.2, 0) is 14.3 Å². The fourth-order valence-corrected chi connectivity index (χ4v) is 3.35. The van der Waals surface area contributed by atoms with Gasteiger partial charge >= 0.3 is 0 Å². The molecule has 3 nitrogen and oxygen atoms in total. The predicted molar refractivity (Wildman–Crippen MR) is 65.7 cm³/mol. The van der Waals surface area contributed by atoms with Crippen LogP contribution in [0.15, 0.2) is 0 Å². The number of carbonyl (C=O) groups excluding carboxylic acids is 1. The summed E-state index contributed by atoms with van der Waals surface area (Å²) in [6.07, 6.45) is 6.16. The molecule has 0 amide bonds. The van der Waals surface area contributed by atoms with Crippen LogP contribution in [0.1, 0.15) is 52.4 Å². The van der Waals surface area contributed by atoms with Crippen molar-refractivity contribution in [3.8, 4) is 0 Å². The minimum Gasteiger partial charge on any atom is -0.348 e. The van der Waals surface area contributed by atoms with Crippen LogP contribution >= 0.6 is 0 Å². The van der Waals surface area contributed by atoms with Crippen molar-refractivity contribution in [1.82, 2.24) is 0 Å². The molecule has 0 aromatic heterocycles. The molecule has 1 atom stereocenters. The van der Waals surface area contributed by atoms with E-state index in [4.69, 9.17) is 9.47 Å². The Morgan fingerprint density at radius 3 is 2.35 bits per heavy atom. The van der Waals surface area contributed by atoms with Gasteiger partial charge < -0.3 is 14.3 Å². The van der Waals surface area contributed by atoms with Gasteiger partial charge in [-0.15, -0.1) is 0 Å². The van der Waals surface area contributed by atoms with E-state index in [2.05, 4.69) is 6.92 Å². The molecule has 1 aliphatic carbocycles. The van der Waals surface area contributed by atoms with Crippen molar-refractivity contribution in [3.63, 3.8) is 0 Å². The quantitative estimate of drug-likeness (QED) is 0.758. The second-order valence-corrected chi connectivity index (χ2v) is 5.52. The van der Waals surface area contributed by atoms with Crippen molar-refractivity contribution in [2.75, 3.05) is 13.2 Å². The zero-order chi connectivity index (χ0) is 12.3. The van der Waals surface area contributed by atoms with Crippen LogP contribution in [-0.4, -0.2) is 24.8 Å². The minimum atomic E-state index is -0.259. The van der Waals surface area contributed by atoms with Crippen molar-refractivity contribution in [2.45, 2.75) is 58.2 Å². The number of ketones is 1. The number of hydrogen-bond acceptors (Lipinski definition) is 3. The topological polar surface area (TPSA) is 35.5 Å². The zero-order valence-corrected chi connectivity index (χ0v) is 11.0. The first-order valence-electron chi connectivity index (χ1n) is 6.92. The maximum Gasteiger partial charge on any atom is 0.168 e. The van der Waals surface area contributed by atoms with Crippen LogP contribution in [0, 0.1) is 11.8 Å². The van der Waals surface area contributed by atoms with Crippen LogP contribution < -0.4 is 0 Å². The Morgan fingerprint density at radius 2 is 1.88 bits per heavy atom. The Labute approximate surface area is 104 Å². The number of carbonyl (C=O) groups is 1. The molecule has 1 aliphatic heterocycles. The van der Waals surface area contributed by atoms with Gasteiger partial charge in [-0.25, -0.2) is 0 Å². The van der Waals surface area contributed by atoms with Crippen LogP contribution in [0.2, 0.25) is 0 Å². The molecule has 0 aromatic carbocycles. The van der Waals surface area contributed by atoms with E-state index >= 15 is 0 Å². The molecule has 0 bridgehead atoms. The largest absolute Gasteiger partial charge is 0.348 e. The lowest BCUT2D eigenvalue weighted by atomic mass is 9.75. The Morgan fingerprint density at radius 1 is 1.29 bits per heavy atom. The second kappa shape index (κ2) is 5.49. The molecule has 2 aliphatic rings. The molecule has 1 saturated heterocycles. The van der Waals surface area contributed by atoms with Crippen molar-refractivity contribution in [1.29, 1.82) is 0 Å². The Kier molecular flexibility index (Phi) is 4.21. The molecule has 0 aromatic rings. The summed E-state index contributed by atoms with van der Waals surface area (Å²) in [7, 11) is 0. The van der Waals surface area contributed by atoms with Crippen molar-refractivity contribution < 1.29 is 14.3 Å². The second-order valence-electron chi connectivity index (χ2n) is 5.52. The Balaban J connectivity index is 1.86. The van der Waals surface area contributed by atoms with Crippen LogP contribution in [0.3, 0.4) is 0 Å². The van der Waals surface area contributed by atoms with Gasteiger partial charge in [0, 0.05) is 19.3 Å². The summed E-state index contributed by atoms with van der Waals surface area (Å²) in [6, 6.07) is 0. The van der Waals surface area contributed by atoms with Gasteiger partial charge in [-0.1, -0.05) is 13.3 Å². The van der Waals surface area contributed by atoms with E-state index in [0.29, 0.717) is 17.6 Å². The third-order valence-corrected chi connectivity index (χ3v) is 4.35. The summed E-state index contributed by atoms with van der Waals surface area (Å²) in [5, 5.41) is 0. The maximum absolute atomic E-state index is 11.3. The molecule has 1 spiro atoms. The minimum absolute atomic E-state index is 0.259. The maximum atomic E-state index is 11.3. The molecule has 3 heteroatoms. The molecule has 98 valence electrons. The molecule has 17 heavy (non-hydrogen) atoms. The van der Waals surface area contributed by atoms with E-state index in [1.54, 1.807) is 6.92 Å². The summed E-state index contributed by atoms with van der Waals surface area (Å²) in [5.41, 5.74) is 0. The Hall–Kier alpha value is -0.410. The van der Waals surface area contributed by atoms with Gasteiger partial charge in [0.15, 0.2) is 5.79 Å². The summed E-state index contributed by atoms with van der Waals surface area (Å²) >= 11 is 0. The summed E-state index contributed by atoms with van der Waals surface area (Å²) in [6.45, 7) is 5.39. The predicted octanol–water partition coefficient (Wildman–Crippen LogP) is 2.93. The van der Waals surface area contributed by atoms with Crippen LogP contribution in [0.25, 0.3) is 0 Å². The molecule has 1 heterocycles. The fraction of sp³-hybridized carbons (Fsp3) is 0.929. The first-order valence-corrected chi connectivity index (χ1v) is 6.92. The van der Waals surface area contributed by atoms with Gasteiger partial charge in [0.05, 0.1) is 13.2 Å². The van der Waals surface area contributed by atoms with Gasteiger partial charge in [-0.05, 0) is 31.6 Å². The van der Waals surface area contributed by atoms with E-state index in [0.717, 1.165) is 51.7 Å². The molecular formula is C14H24O3. The van der Waals surface area contributed by atoms with Crippen molar-refractivity contribution in [2.24, 2.45) is 11.8 Å². The van der Waals surface area contributed by atoms with Gasteiger partial charge in [-0.2, -0.15) is 0 Å². The van der Waals surface area contributed by atoms with E-state index in [-0.39, 0.29) is 5.79 Å². The van der Waals surface area contributed by atoms with Gasteiger partial charge in [0.2, 0.25) is 0 Å². The van der Waals surface area contributed by atoms with E-state index in [9.17, 15) is 4.79 Å². The number of ether oxygens (including phenoxy) is 2. The van der Waals surface area contributed by atoms with E-state index in [1.165, 1.54) is 0 Å². The van der Waals surface area contributed by atoms with Gasteiger partial charge in [0.25, 0.3) is 0 Å². The summed E-state index contributed by atoms with van der Waals surface area (Å²) in [4.78, 5) is 11.3. The molecule has 2 fully saturated rings. The van der Waals surface area contributed by atoms with Crippen molar-refractivity contribution >= 4 is 5.78 Å². The van der Waals surface area contributed by atoms with Crippen LogP contribution in [0.4, 0.5) is 0 Å². The molecule has 2 rings (SSSR count). The highest BCUT2D eigenvalue weighted by Gasteiger charge is 2.41. The SMILES string of the molecule is CCC(CC(C)=O)C1CCC2(CC1)OCCO2. The molecule has 1 unspecified atom stereocenters. The third kappa shape index (κ3) is 3.08. The first kappa shape index (κ1) is 13.0. The normalized spacial score (nSPS) is 26.2. The van der Waals surface area contributed by atoms with Crippen molar-refractivity contribution in [3.05, 3.63) is 0 Å². The van der Waals surface area contributed by atoms with Crippen LogP contribution in [0.5, 0.6) is 0 Å². The highest BCUT2D eigenvalue weighted by atomic mass is 16.7. The van der Waals surface area contributed by atoms with E-state index in [1.807, 2.05) is 0 Å². The fourth-order valence-electron chi connectivity index (χ4n) is 3.35. The monoisotopic (exact) mass is 240 g/mol. The average molecular weight is 240 g/mol. The lowest BCUT2D eigenvalue weighted by Crippen LogP contribution is -2.37. The molecule has 0 radical (unpaired) electrons. The average Bonchev–Trinajstić information content (AvgIpc) is 2.76. The number of rotatable bonds is 4. The Bertz CT molecular complexity index is 259. The summed E-state index contributed by atoms with van der Waals surface area (Å²) in [5.74, 6) is 1.31. The lowest BCUT2D eigenvalue weighted by Gasteiger charge is -2.38. The zero-order valence-electron chi connectivity index (χ0n) is 11.0. The highest BCUT2D eigenvalue weighted by Crippen LogP contribution is 2.42. The molecular weight excluding hydrogens is 216 g/mol. The highest BCUT2D eigenvalue weighted by molar-refractivity contribution is 5.75. The smallest absolute Gasteiger partial charge is 0.168 e. The summed E-state index contributed by atoms with van der Waals surface area (Å²) < 4.78 is 11.5. The standard InChI is InChI=1S/C14H24O3/c1-3-12(10-11(2)15)13-4-6-14(7-5-13)16-8-9-17-14/h12-13H,3-10H2,1-2H3. The van der Waals surface area contributed by atoms with Gasteiger partial charge in [0.1, 0.15) is 5.78 Å². The lowest BCUT2D eigenvalue weighted by molar-refractivity contribution is -0.185. The number of hydrogen-bond donors (Lipinski definition) is 0. The number of Topliss-reactive ketones (excluding diaryl/α,β-unsaturated/α-hetero) is 1. The van der Waals surface area contributed by atoms with Gasteiger partial charge in [-0.3, -0.25) is 0 Å². The first-order chi connectivity index (χ1) is 8.15. The molecule has 0 N–H and O–H groups in total. The van der Waals surface area contributed by atoms with E-state index < -0.39 is 0 Å². The molecule has 1 saturated carbocycles. The third-order valence-electron chi connectivity index (χ3n) is 4.35.